The quantitative estimate of drug-likeness (QED) is 0.378. The first kappa shape index (κ1) is 11.8. The third kappa shape index (κ3) is 7.92. The summed E-state index contributed by atoms with van der Waals surface area (Å²) >= 11 is 1.91. The van der Waals surface area contributed by atoms with Gasteiger partial charge in [0.2, 0.25) is 0 Å². The van der Waals surface area contributed by atoms with Gasteiger partial charge in [0.15, 0.2) is 0 Å². The van der Waals surface area contributed by atoms with Gasteiger partial charge in [-0.3, -0.25) is 4.99 Å². The zero-order valence-electron chi connectivity index (χ0n) is 8.18. The van der Waals surface area contributed by atoms with Crippen molar-refractivity contribution in [3.05, 3.63) is 0 Å². The third-order valence-corrected chi connectivity index (χ3v) is 2.38. The van der Waals surface area contributed by atoms with Crippen molar-refractivity contribution in [3.8, 4) is 0 Å². The van der Waals surface area contributed by atoms with Gasteiger partial charge in [-0.25, -0.2) is 0 Å². The van der Waals surface area contributed by atoms with Gasteiger partial charge in [0, 0.05) is 13.0 Å². The van der Waals surface area contributed by atoms with E-state index in [1.165, 1.54) is 25.0 Å². The highest BCUT2D eigenvalue weighted by molar-refractivity contribution is 7.98. The number of rotatable bonds is 7. The summed E-state index contributed by atoms with van der Waals surface area (Å²) in [6.45, 7) is 2.95. The van der Waals surface area contributed by atoms with Crippen LogP contribution in [0.4, 0.5) is 0 Å². The van der Waals surface area contributed by atoms with E-state index in [2.05, 4.69) is 11.2 Å². The molecular formula is C9H20N2S. The van der Waals surface area contributed by atoms with Gasteiger partial charge >= 0.3 is 0 Å². The summed E-state index contributed by atoms with van der Waals surface area (Å²) in [5.41, 5.74) is 5.56. The van der Waals surface area contributed by atoms with E-state index in [-0.39, 0.29) is 0 Å². The molecule has 0 aromatic heterocycles. The summed E-state index contributed by atoms with van der Waals surface area (Å²) in [7, 11) is 0. The Labute approximate surface area is 80.0 Å². The molecule has 0 saturated carbocycles. The first-order valence-corrected chi connectivity index (χ1v) is 5.98. The first-order chi connectivity index (χ1) is 5.81. The lowest BCUT2D eigenvalue weighted by Crippen LogP contribution is -2.10. The number of hydrogen-bond acceptors (Lipinski definition) is 2. The van der Waals surface area contributed by atoms with E-state index in [0.717, 1.165) is 18.8 Å². The number of unbranched alkanes of at least 4 members (excludes halogenated alkanes) is 2. The lowest BCUT2D eigenvalue weighted by molar-refractivity contribution is 0.732. The van der Waals surface area contributed by atoms with Gasteiger partial charge in [-0.05, 0) is 24.9 Å². The standard InChI is InChI=1S/C9H20N2S/c1-3-9(10)11-7-5-4-6-8-12-2/h3-8H2,1-2H3,(H2,10,11). The average molecular weight is 188 g/mol. The van der Waals surface area contributed by atoms with Crippen LogP contribution in [0, 0.1) is 0 Å². The molecule has 0 heterocycles. The predicted octanol–water partition coefficient (Wildman–Crippen LogP) is 2.29. The molecule has 0 fully saturated rings. The molecule has 0 rings (SSSR count). The van der Waals surface area contributed by atoms with Gasteiger partial charge in [-0.1, -0.05) is 13.3 Å². The maximum Gasteiger partial charge on any atom is 0.0934 e. The largest absolute Gasteiger partial charge is 0.387 e. The molecule has 0 aliphatic carbocycles. The van der Waals surface area contributed by atoms with Crippen molar-refractivity contribution in [2.75, 3.05) is 18.6 Å². The highest BCUT2D eigenvalue weighted by Gasteiger charge is 1.88. The summed E-state index contributed by atoms with van der Waals surface area (Å²) in [5.74, 6) is 2.06. The van der Waals surface area contributed by atoms with Crippen LogP contribution in [0.1, 0.15) is 32.6 Å². The molecule has 0 unspecified atom stereocenters. The monoisotopic (exact) mass is 188 g/mol. The van der Waals surface area contributed by atoms with Crippen LogP contribution in [-0.2, 0) is 0 Å². The van der Waals surface area contributed by atoms with E-state index in [1.54, 1.807) is 0 Å². The molecule has 0 aliphatic heterocycles. The Kier molecular flexibility index (Phi) is 8.78. The second kappa shape index (κ2) is 8.91. The molecule has 72 valence electrons. The molecule has 0 aromatic rings. The molecule has 0 atom stereocenters. The fraction of sp³-hybridized carbons (Fsp3) is 0.889. The third-order valence-electron chi connectivity index (χ3n) is 1.68. The van der Waals surface area contributed by atoms with Crippen molar-refractivity contribution < 1.29 is 0 Å². The Bertz CT molecular complexity index is 124. The topological polar surface area (TPSA) is 38.4 Å². The fourth-order valence-electron chi connectivity index (χ4n) is 0.869. The normalized spacial score (nSPS) is 12.0. The smallest absolute Gasteiger partial charge is 0.0934 e. The fourth-order valence-corrected chi connectivity index (χ4v) is 1.36. The summed E-state index contributed by atoms with van der Waals surface area (Å²) in [5, 5.41) is 0. The van der Waals surface area contributed by atoms with E-state index < -0.39 is 0 Å². The molecule has 0 spiro atoms. The first-order valence-electron chi connectivity index (χ1n) is 4.59. The van der Waals surface area contributed by atoms with Crippen molar-refractivity contribution in [1.82, 2.24) is 0 Å². The number of hydrogen-bond donors (Lipinski definition) is 1. The molecular weight excluding hydrogens is 168 g/mol. The molecule has 3 heteroatoms. The summed E-state index contributed by atoms with van der Waals surface area (Å²) in [6.07, 6.45) is 6.79. The number of aliphatic imine (C=N–C) groups is 1. The molecule has 0 bridgehead atoms. The van der Waals surface area contributed by atoms with Crippen LogP contribution in [0.5, 0.6) is 0 Å². The van der Waals surface area contributed by atoms with Crippen molar-refractivity contribution in [2.24, 2.45) is 10.7 Å². The van der Waals surface area contributed by atoms with Crippen molar-refractivity contribution in [2.45, 2.75) is 32.6 Å². The number of thioether (sulfide) groups is 1. The summed E-state index contributed by atoms with van der Waals surface area (Å²) in [6, 6.07) is 0. The zero-order valence-corrected chi connectivity index (χ0v) is 8.99. The Morgan fingerprint density at radius 2 is 2.08 bits per heavy atom. The van der Waals surface area contributed by atoms with Gasteiger partial charge in [0.1, 0.15) is 0 Å². The summed E-state index contributed by atoms with van der Waals surface area (Å²) in [4.78, 5) is 4.23. The predicted molar refractivity (Wildman–Crippen MR) is 59.0 cm³/mol. The molecule has 0 amide bonds. The molecule has 0 radical (unpaired) electrons. The van der Waals surface area contributed by atoms with Crippen LogP contribution in [0.3, 0.4) is 0 Å². The SMILES string of the molecule is CCC(N)=NCCCCCSC. The van der Waals surface area contributed by atoms with E-state index in [0.29, 0.717) is 0 Å². The minimum absolute atomic E-state index is 0.792. The van der Waals surface area contributed by atoms with Gasteiger partial charge in [-0.15, -0.1) is 0 Å². The van der Waals surface area contributed by atoms with Gasteiger partial charge in [0.25, 0.3) is 0 Å². The van der Waals surface area contributed by atoms with Gasteiger partial charge in [-0.2, -0.15) is 11.8 Å². The van der Waals surface area contributed by atoms with Gasteiger partial charge in [0.05, 0.1) is 5.84 Å². The maximum absolute atomic E-state index is 5.56. The Morgan fingerprint density at radius 3 is 2.67 bits per heavy atom. The Balaban J connectivity index is 3.10. The molecule has 12 heavy (non-hydrogen) atoms. The highest BCUT2D eigenvalue weighted by atomic mass is 32.2. The Morgan fingerprint density at radius 1 is 1.33 bits per heavy atom. The van der Waals surface area contributed by atoms with E-state index in [1.807, 2.05) is 18.7 Å². The second-order valence-electron chi connectivity index (χ2n) is 2.78. The second-order valence-corrected chi connectivity index (χ2v) is 3.77. The van der Waals surface area contributed by atoms with Crippen molar-refractivity contribution in [1.29, 1.82) is 0 Å². The van der Waals surface area contributed by atoms with E-state index in [9.17, 15) is 0 Å². The minimum atomic E-state index is 0.792. The van der Waals surface area contributed by atoms with Crippen LogP contribution >= 0.6 is 11.8 Å². The molecule has 0 aliphatic rings. The van der Waals surface area contributed by atoms with Crippen LogP contribution in [-0.4, -0.2) is 24.4 Å². The van der Waals surface area contributed by atoms with Crippen molar-refractivity contribution >= 4 is 17.6 Å². The highest BCUT2D eigenvalue weighted by Crippen LogP contribution is 2.02. The number of nitrogens with zero attached hydrogens (tertiary/aromatic N) is 1. The molecule has 2 nitrogen and oxygen atoms in total. The van der Waals surface area contributed by atoms with E-state index in [4.69, 9.17) is 5.73 Å². The van der Waals surface area contributed by atoms with Gasteiger partial charge < -0.3 is 5.73 Å². The molecule has 0 aromatic carbocycles. The van der Waals surface area contributed by atoms with Crippen LogP contribution in [0.15, 0.2) is 4.99 Å². The zero-order chi connectivity index (χ0) is 9.23. The molecule has 0 saturated heterocycles. The summed E-state index contributed by atoms with van der Waals surface area (Å²) < 4.78 is 0. The number of amidine groups is 1. The van der Waals surface area contributed by atoms with Crippen LogP contribution < -0.4 is 5.73 Å². The van der Waals surface area contributed by atoms with Crippen LogP contribution in [0.25, 0.3) is 0 Å². The minimum Gasteiger partial charge on any atom is -0.387 e. The average Bonchev–Trinajstić information content (AvgIpc) is 2.10. The maximum atomic E-state index is 5.56. The van der Waals surface area contributed by atoms with Crippen LogP contribution in [0.2, 0.25) is 0 Å². The lowest BCUT2D eigenvalue weighted by atomic mass is 10.2. The lowest BCUT2D eigenvalue weighted by Gasteiger charge is -1.97. The Hall–Kier alpha value is -0.180. The van der Waals surface area contributed by atoms with Crippen molar-refractivity contribution in [3.63, 3.8) is 0 Å². The molecule has 2 N–H and O–H groups in total. The number of nitrogens with two attached hydrogens (primary N) is 1. The van der Waals surface area contributed by atoms with E-state index >= 15 is 0 Å².